The van der Waals surface area contributed by atoms with Crippen LogP contribution in [0.25, 0.3) is 0 Å². The predicted molar refractivity (Wildman–Crippen MR) is 73.9 cm³/mol. The third-order valence-electron chi connectivity index (χ3n) is 4.48. The van der Waals surface area contributed by atoms with E-state index in [1.165, 1.54) is 18.2 Å². The Morgan fingerprint density at radius 2 is 1.95 bits per heavy atom. The van der Waals surface area contributed by atoms with Gasteiger partial charge in [0.25, 0.3) is 0 Å². The van der Waals surface area contributed by atoms with Gasteiger partial charge in [-0.15, -0.1) is 0 Å². The molecule has 1 N–H and O–H groups in total. The lowest BCUT2D eigenvalue weighted by Gasteiger charge is -2.35. The molecule has 0 saturated heterocycles. The zero-order chi connectivity index (χ0) is 14.0. The molecule has 2 unspecified atom stereocenters. The summed E-state index contributed by atoms with van der Waals surface area (Å²) in [6.07, 6.45) is 3.28. The monoisotopic (exact) mass is 267 g/mol. The zero-order valence-corrected chi connectivity index (χ0v) is 12.0. The molecule has 0 aromatic heterocycles. The van der Waals surface area contributed by atoms with E-state index in [2.05, 4.69) is 19.2 Å². The summed E-state index contributed by atoms with van der Waals surface area (Å²) in [5.41, 5.74) is 0.339. The molecule has 1 saturated carbocycles. The van der Waals surface area contributed by atoms with Crippen molar-refractivity contribution in [1.29, 1.82) is 0 Å². The summed E-state index contributed by atoms with van der Waals surface area (Å²) in [5, 5.41) is 3.30. The number of nitrogens with one attached hydrogen (secondary N) is 1. The fraction of sp³-hybridized carbons (Fsp3) is 0.625. The number of rotatable bonds is 4. The second kappa shape index (κ2) is 5.58. The minimum atomic E-state index is -0.436. The van der Waals surface area contributed by atoms with E-state index < -0.39 is 11.6 Å². The highest BCUT2D eigenvalue weighted by Crippen LogP contribution is 2.49. The largest absolute Gasteiger partial charge is 0.310 e. The van der Waals surface area contributed by atoms with Crippen molar-refractivity contribution in [3.8, 4) is 0 Å². The Labute approximate surface area is 114 Å². The average molecular weight is 267 g/mol. The van der Waals surface area contributed by atoms with Gasteiger partial charge in [-0.05, 0) is 42.9 Å². The summed E-state index contributed by atoms with van der Waals surface area (Å²) >= 11 is 0. The molecule has 2 rings (SSSR count). The lowest BCUT2D eigenvalue weighted by atomic mass is 9.75. The van der Waals surface area contributed by atoms with Gasteiger partial charge in [-0.3, -0.25) is 0 Å². The zero-order valence-electron chi connectivity index (χ0n) is 12.0. The summed E-state index contributed by atoms with van der Waals surface area (Å²) in [6.45, 7) is 7.10. The number of halogens is 2. The van der Waals surface area contributed by atoms with Gasteiger partial charge in [0.1, 0.15) is 11.6 Å². The molecule has 19 heavy (non-hydrogen) atoms. The molecule has 1 aromatic carbocycles. The van der Waals surface area contributed by atoms with Crippen LogP contribution in [0.2, 0.25) is 0 Å². The molecule has 1 aliphatic rings. The van der Waals surface area contributed by atoms with Crippen LogP contribution in [0.15, 0.2) is 18.2 Å². The van der Waals surface area contributed by atoms with Crippen LogP contribution in [0.3, 0.4) is 0 Å². The van der Waals surface area contributed by atoms with E-state index in [-0.39, 0.29) is 22.9 Å². The maximum atomic E-state index is 14.0. The first-order valence-corrected chi connectivity index (χ1v) is 7.14. The van der Waals surface area contributed by atoms with Crippen molar-refractivity contribution >= 4 is 0 Å². The second-order valence-corrected chi connectivity index (χ2v) is 6.16. The van der Waals surface area contributed by atoms with Crippen LogP contribution < -0.4 is 5.32 Å². The Morgan fingerprint density at radius 1 is 1.32 bits per heavy atom. The SMILES string of the molecule is CCNC(c1c(F)cccc1F)C1CCCC1(C)C. The van der Waals surface area contributed by atoms with E-state index in [9.17, 15) is 8.78 Å². The third kappa shape index (κ3) is 2.81. The number of benzene rings is 1. The van der Waals surface area contributed by atoms with Crippen LogP contribution in [0, 0.1) is 23.0 Å². The molecule has 0 bridgehead atoms. The highest BCUT2D eigenvalue weighted by atomic mass is 19.1. The third-order valence-corrected chi connectivity index (χ3v) is 4.48. The number of hydrogen-bond acceptors (Lipinski definition) is 1. The normalized spacial score (nSPS) is 23.5. The smallest absolute Gasteiger partial charge is 0.130 e. The van der Waals surface area contributed by atoms with E-state index in [0.717, 1.165) is 19.3 Å². The molecule has 0 aliphatic heterocycles. The van der Waals surface area contributed by atoms with E-state index in [0.29, 0.717) is 6.54 Å². The molecule has 0 heterocycles. The summed E-state index contributed by atoms with van der Waals surface area (Å²) in [4.78, 5) is 0. The fourth-order valence-corrected chi connectivity index (χ4v) is 3.44. The van der Waals surface area contributed by atoms with Gasteiger partial charge in [-0.2, -0.15) is 0 Å². The first kappa shape index (κ1) is 14.4. The topological polar surface area (TPSA) is 12.0 Å². The molecule has 0 amide bonds. The Hall–Kier alpha value is -0.960. The van der Waals surface area contributed by atoms with Crippen LogP contribution >= 0.6 is 0 Å². The molecule has 2 atom stereocenters. The molecule has 1 nitrogen and oxygen atoms in total. The lowest BCUT2D eigenvalue weighted by molar-refractivity contribution is 0.193. The molecule has 3 heteroatoms. The van der Waals surface area contributed by atoms with E-state index in [1.807, 2.05) is 6.92 Å². The molecule has 106 valence electrons. The van der Waals surface area contributed by atoms with Crippen LogP contribution in [-0.2, 0) is 0 Å². The van der Waals surface area contributed by atoms with Crippen LogP contribution in [0.4, 0.5) is 8.78 Å². The molecule has 0 radical (unpaired) electrons. The summed E-state index contributed by atoms with van der Waals surface area (Å²) in [7, 11) is 0. The van der Waals surface area contributed by atoms with Gasteiger partial charge in [0, 0.05) is 11.6 Å². The van der Waals surface area contributed by atoms with Crippen LogP contribution in [0.1, 0.15) is 51.6 Å². The minimum Gasteiger partial charge on any atom is -0.310 e. The Morgan fingerprint density at radius 3 is 2.42 bits per heavy atom. The molecule has 0 spiro atoms. The van der Waals surface area contributed by atoms with Gasteiger partial charge in [0.05, 0.1) is 0 Å². The average Bonchev–Trinajstić information content (AvgIpc) is 2.67. The molecular formula is C16H23F2N. The molecule has 1 fully saturated rings. The summed E-state index contributed by atoms with van der Waals surface area (Å²) in [6, 6.07) is 3.90. The first-order chi connectivity index (χ1) is 8.97. The van der Waals surface area contributed by atoms with Crippen molar-refractivity contribution in [2.24, 2.45) is 11.3 Å². The molecular weight excluding hydrogens is 244 g/mol. The van der Waals surface area contributed by atoms with Gasteiger partial charge in [-0.1, -0.05) is 33.3 Å². The van der Waals surface area contributed by atoms with Gasteiger partial charge in [0.2, 0.25) is 0 Å². The van der Waals surface area contributed by atoms with Crippen molar-refractivity contribution in [1.82, 2.24) is 5.32 Å². The minimum absolute atomic E-state index is 0.127. The van der Waals surface area contributed by atoms with Crippen LogP contribution in [-0.4, -0.2) is 6.54 Å². The Bertz CT molecular complexity index is 422. The highest BCUT2D eigenvalue weighted by molar-refractivity contribution is 5.25. The van der Waals surface area contributed by atoms with E-state index in [4.69, 9.17) is 0 Å². The van der Waals surface area contributed by atoms with E-state index >= 15 is 0 Å². The molecule has 1 aliphatic carbocycles. The quantitative estimate of drug-likeness (QED) is 0.850. The first-order valence-electron chi connectivity index (χ1n) is 7.14. The maximum Gasteiger partial charge on any atom is 0.130 e. The highest BCUT2D eigenvalue weighted by Gasteiger charge is 2.41. The van der Waals surface area contributed by atoms with Crippen molar-refractivity contribution < 1.29 is 8.78 Å². The van der Waals surface area contributed by atoms with Gasteiger partial charge >= 0.3 is 0 Å². The summed E-state index contributed by atoms with van der Waals surface area (Å²) in [5.74, 6) is -0.596. The van der Waals surface area contributed by atoms with Crippen molar-refractivity contribution in [3.63, 3.8) is 0 Å². The fourth-order valence-electron chi connectivity index (χ4n) is 3.44. The summed E-state index contributed by atoms with van der Waals surface area (Å²) < 4.78 is 28.1. The Balaban J connectivity index is 2.40. The van der Waals surface area contributed by atoms with Crippen molar-refractivity contribution in [2.75, 3.05) is 6.54 Å². The predicted octanol–water partition coefficient (Wildman–Crippen LogP) is 4.44. The van der Waals surface area contributed by atoms with Gasteiger partial charge < -0.3 is 5.32 Å². The lowest BCUT2D eigenvalue weighted by Crippen LogP contribution is -2.35. The van der Waals surface area contributed by atoms with Gasteiger partial charge in [0.15, 0.2) is 0 Å². The Kier molecular flexibility index (Phi) is 4.24. The second-order valence-electron chi connectivity index (χ2n) is 6.16. The number of hydrogen-bond donors (Lipinski definition) is 1. The van der Waals surface area contributed by atoms with E-state index in [1.54, 1.807) is 0 Å². The van der Waals surface area contributed by atoms with Crippen LogP contribution in [0.5, 0.6) is 0 Å². The standard InChI is InChI=1S/C16H23F2N/c1-4-19-15(11-7-6-10-16(11,2)3)14-12(17)8-5-9-13(14)18/h5,8-9,11,15,19H,4,6-7,10H2,1-3H3. The maximum absolute atomic E-state index is 14.0. The van der Waals surface area contributed by atoms with Gasteiger partial charge in [-0.25, -0.2) is 8.78 Å². The van der Waals surface area contributed by atoms with Crippen molar-refractivity contribution in [3.05, 3.63) is 35.4 Å². The molecule has 1 aromatic rings. The van der Waals surface area contributed by atoms with Crippen molar-refractivity contribution in [2.45, 2.75) is 46.1 Å².